The van der Waals surface area contributed by atoms with Crippen molar-refractivity contribution in [2.75, 3.05) is 6.61 Å². The summed E-state index contributed by atoms with van der Waals surface area (Å²) in [5.41, 5.74) is 0. The van der Waals surface area contributed by atoms with Gasteiger partial charge in [0.15, 0.2) is 0 Å². The highest BCUT2D eigenvalue weighted by molar-refractivity contribution is 4.64. The van der Waals surface area contributed by atoms with Gasteiger partial charge in [0.1, 0.15) is 18.9 Å². The summed E-state index contributed by atoms with van der Waals surface area (Å²) in [7, 11) is 1.95. The van der Waals surface area contributed by atoms with Gasteiger partial charge in [-0.3, -0.25) is 0 Å². The largest absolute Gasteiger partial charge is 1.00 e. The Hall–Kier alpha value is -0.350. The molecule has 0 saturated heterocycles. The fourth-order valence-corrected chi connectivity index (χ4v) is 0.749. The van der Waals surface area contributed by atoms with Crippen molar-refractivity contribution in [2.45, 2.75) is 6.54 Å². The van der Waals surface area contributed by atoms with E-state index in [1.54, 1.807) is 0 Å². The number of aliphatic hydroxyl groups is 1. The zero-order valence-corrected chi connectivity index (χ0v) is 7.45. The molecule has 10 heavy (non-hydrogen) atoms. The van der Waals surface area contributed by atoms with Gasteiger partial charge < -0.3 is 5.11 Å². The van der Waals surface area contributed by atoms with Crippen LogP contribution in [0.2, 0.25) is 0 Å². The number of nitrogens with zero attached hydrogens (tertiary/aromatic N) is 2. The predicted molar refractivity (Wildman–Crippen MR) is 32.7 cm³/mol. The van der Waals surface area contributed by atoms with Crippen LogP contribution in [0.15, 0.2) is 18.7 Å². The molecule has 3 nitrogen and oxygen atoms in total. The van der Waals surface area contributed by atoms with Crippen molar-refractivity contribution >= 4 is 0 Å². The first-order valence-electron chi connectivity index (χ1n) is 2.95. The van der Waals surface area contributed by atoms with E-state index in [0.29, 0.717) is 6.54 Å². The third-order valence-corrected chi connectivity index (χ3v) is 1.18. The molecule has 0 saturated carbocycles. The van der Waals surface area contributed by atoms with Gasteiger partial charge in [-0.25, -0.2) is 9.13 Å². The van der Waals surface area contributed by atoms with Crippen LogP contribution in [0.25, 0.3) is 0 Å². The minimum Gasteiger partial charge on any atom is -0.392 e. The molecule has 4 heteroatoms. The Kier molecular flexibility index (Phi) is 4.31. The Morgan fingerprint density at radius 2 is 2.30 bits per heavy atom. The third-order valence-electron chi connectivity index (χ3n) is 1.18. The Morgan fingerprint density at radius 1 is 1.60 bits per heavy atom. The summed E-state index contributed by atoms with van der Waals surface area (Å²) in [6.07, 6.45) is 5.79. The van der Waals surface area contributed by atoms with E-state index in [9.17, 15) is 0 Å². The molecule has 0 aliphatic rings. The molecule has 1 aromatic rings. The van der Waals surface area contributed by atoms with Gasteiger partial charge in [-0.1, -0.05) is 0 Å². The topological polar surface area (TPSA) is 29.0 Å². The quantitative estimate of drug-likeness (QED) is 0.638. The lowest BCUT2D eigenvalue weighted by atomic mass is 10.7. The molecule has 1 rings (SSSR count). The SMILES string of the molecule is C[n+]1ccn(CCO)c1.[Br+]. The highest BCUT2D eigenvalue weighted by Gasteiger charge is 1.95. The maximum absolute atomic E-state index is 8.50. The van der Waals surface area contributed by atoms with Gasteiger partial charge in [-0.2, -0.15) is 0 Å². The summed E-state index contributed by atoms with van der Waals surface area (Å²) in [6.45, 7) is 0.884. The van der Waals surface area contributed by atoms with Gasteiger partial charge in [0.2, 0.25) is 6.33 Å². The van der Waals surface area contributed by atoms with Crippen molar-refractivity contribution in [3.05, 3.63) is 18.7 Å². The number of imidazole rings is 1. The zero-order chi connectivity index (χ0) is 6.69. The molecule has 1 aromatic heterocycles. The second kappa shape index (κ2) is 4.46. The van der Waals surface area contributed by atoms with E-state index < -0.39 is 0 Å². The molecule has 0 unspecified atom stereocenters. The van der Waals surface area contributed by atoms with E-state index in [1.165, 1.54) is 0 Å². The van der Waals surface area contributed by atoms with Gasteiger partial charge in [-0.05, 0) is 0 Å². The lowest BCUT2D eigenvalue weighted by Gasteiger charge is -1.86. The number of aromatic nitrogens is 2. The summed E-state index contributed by atoms with van der Waals surface area (Å²) < 4.78 is 3.87. The lowest BCUT2D eigenvalue weighted by molar-refractivity contribution is -0.671. The first kappa shape index (κ1) is 9.65. The van der Waals surface area contributed by atoms with Gasteiger partial charge in [-0.15, -0.1) is 0 Å². The van der Waals surface area contributed by atoms with Crippen molar-refractivity contribution in [1.82, 2.24) is 4.57 Å². The Balaban J connectivity index is 0.000000810. The van der Waals surface area contributed by atoms with Crippen LogP contribution in [-0.2, 0) is 13.6 Å². The number of hydrogen-bond acceptors (Lipinski definition) is 1. The van der Waals surface area contributed by atoms with Crippen molar-refractivity contribution in [3.8, 4) is 0 Å². The van der Waals surface area contributed by atoms with Gasteiger partial charge >= 0.3 is 17.0 Å². The number of hydrogen-bond donors (Lipinski definition) is 1. The summed E-state index contributed by atoms with van der Waals surface area (Å²) in [6, 6.07) is 0. The van der Waals surface area contributed by atoms with Crippen LogP contribution >= 0.6 is 0 Å². The van der Waals surface area contributed by atoms with E-state index >= 15 is 0 Å². The van der Waals surface area contributed by atoms with Crippen molar-refractivity contribution in [3.63, 3.8) is 0 Å². The van der Waals surface area contributed by atoms with E-state index in [2.05, 4.69) is 0 Å². The number of aryl methyl sites for hydroxylation is 1. The standard InChI is InChI=1S/C6H11N2O.Br/c1-7-2-3-8(6-7)4-5-9;/h2-3,6,9H,4-5H2,1H3;/q2*+1. The first-order valence-corrected chi connectivity index (χ1v) is 2.95. The molecule has 0 fully saturated rings. The Labute approximate surface area is 70.7 Å². The van der Waals surface area contributed by atoms with Crippen LogP contribution in [0.5, 0.6) is 0 Å². The average Bonchev–Trinajstić information content (AvgIpc) is 2.17. The van der Waals surface area contributed by atoms with Gasteiger partial charge in [0.25, 0.3) is 0 Å². The van der Waals surface area contributed by atoms with Crippen molar-refractivity contribution in [1.29, 1.82) is 0 Å². The molecule has 1 heterocycles. The monoisotopic (exact) mass is 206 g/mol. The fraction of sp³-hybridized carbons (Fsp3) is 0.500. The third kappa shape index (κ3) is 2.49. The molecule has 0 spiro atoms. The second-order valence-corrected chi connectivity index (χ2v) is 2.04. The predicted octanol–water partition coefficient (Wildman–Crippen LogP) is -0.695. The average molecular weight is 207 g/mol. The maximum Gasteiger partial charge on any atom is 1.00 e. The van der Waals surface area contributed by atoms with E-state index in [4.69, 9.17) is 5.11 Å². The number of aliphatic hydroxyl groups excluding tert-OH is 1. The molecule has 0 aromatic carbocycles. The maximum atomic E-state index is 8.50. The molecule has 56 valence electrons. The first-order chi connectivity index (χ1) is 4.33. The van der Waals surface area contributed by atoms with E-state index in [0.717, 1.165) is 0 Å². The molecule has 2 radical (unpaired) electrons. The van der Waals surface area contributed by atoms with Crippen LogP contribution in [-0.4, -0.2) is 16.3 Å². The lowest BCUT2D eigenvalue weighted by Crippen LogP contribution is -2.23. The van der Waals surface area contributed by atoms with Crippen LogP contribution in [0, 0.1) is 17.0 Å². The van der Waals surface area contributed by atoms with Crippen LogP contribution in [0.4, 0.5) is 0 Å². The van der Waals surface area contributed by atoms with Crippen LogP contribution in [0.3, 0.4) is 0 Å². The highest BCUT2D eigenvalue weighted by atomic mass is 79.9. The smallest absolute Gasteiger partial charge is 0.392 e. The van der Waals surface area contributed by atoms with Gasteiger partial charge in [0.05, 0.1) is 13.7 Å². The Morgan fingerprint density at radius 3 is 2.70 bits per heavy atom. The van der Waals surface area contributed by atoms with Crippen LogP contribution in [0.1, 0.15) is 0 Å². The minimum atomic E-state index is 0. The normalized spacial score (nSPS) is 9.00. The van der Waals surface area contributed by atoms with E-state index in [-0.39, 0.29) is 23.6 Å². The number of rotatable bonds is 2. The molecule has 0 bridgehead atoms. The molecule has 0 atom stereocenters. The van der Waals surface area contributed by atoms with Crippen LogP contribution < -0.4 is 4.57 Å². The molecule has 0 aliphatic carbocycles. The molecular weight excluding hydrogens is 196 g/mol. The molecule has 0 aliphatic heterocycles. The highest BCUT2D eigenvalue weighted by Crippen LogP contribution is 1.80. The zero-order valence-electron chi connectivity index (χ0n) is 5.87. The summed E-state index contributed by atoms with van der Waals surface area (Å²) in [5.74, 6) is 0. The molecular formula is C6H11BrN2O+2. The molecule has 0 amide bonds. The Bertz CT molecular complexity index is 188. The number of halogens is 1. The minimum absolute atomic E-state index is 0. The summed E-state index contributed by atoms with van der Waals surface area (Å²) >= 11 is 0. The fourth-order valence-electron chi connectivity index (χ4n) is 0.749. The van der Waals surface area contributed by atoms with Gasteiger partial charge in [0, 0.05) is 0 Å². The summed E-state index contributed by atoms with van der Waals surface area (Å²) in [4.78, 5) is 0. The second-order valence-electron chi connectivity index (χ2n) is 2.04. The molecule has 1 N–H and O–H groups in total. The van der Waals surface area contributed by atoms with Crippen molar-refractivity contribution < 1.29 is 26.7 Å². The summed E-state index contributed by atoms with van der Waals surface area (Å²) in [5, 5.41) is 8.50. The van der Waals surface area contributed by atoms with Crippen molar-refractivity contribution in [2.24, 2.45) is 7.05 Å². The van der Waals surface area contributed by atoms with E-state index in [1.807, 2.05) is 34.9 Å².